The van der Waals surface area contributed by atoms with Crippen LogP contribution in [0.3, 0.4) is 0 Å². The molecule has 0 aliphatic carbocycles. The van der Waals surface area contributed by atoms with Crippen LogP contribution in [0, 0.1) is 0 Å². The Balaban J connectivity index is 1.09. The van der Waals surface area contributed by atoms with Crippen molar-refractivity contribution in [1.82, 2.24) is 19.8 Å². The Labute approximate surface area is 318 Å². The van der Waals surface area contributed by atoms with Gasteiger partial charge in [0.05, 0.1) is 54.7 Å². The molecule has 0 fully saturated rings. The van der Waals surface area contributed by atoms with Crippen LogP contribution in [0.25, 0.3) is 21.8 Å². The Morgan fingerprint density at radius 1 is 0.518 bits per heavy atom. The van der Waals surface area contributed by atoms with Gasteiger partial charge in [-0.3, -0.25) is 19.2 Å². The highest BCUT2D eigenvalue weighted by Gasteiger charge is 2.32. The number of alkyl halides is 6. The first kappa shape index (κ1) is 40.4. The third-order valence-electron chi connectivity index (χ3n) is 8.76. The summed E-state index contributed by atoms with van der Waals surface area (Å²) in [6, 6.07) is 23.5. The molecule has 6 rings (SSSR count). The van der Waals surface area contributed by atoms with Crippen LogP contribution in [0.2, 0.25) is 0 Å². The van der Waals surface area contributed by atoms with E-state index in [1.165, 1.54) is 12.1 Å². The van der Waals surface area contributed by atoms with Crippen LogP contribution >= 0.6 is 0 Å². The van der Waals surface area contributed by atoms with E-state index in [0.29, 0.717) is 83.6 Å². The number of anilines is 2. The van der Waals surface area contributed by atoms with Crippen molar-refractivity contribution in [2.75, 3.05) is 36.6 Å². The van der Waals surface area contributed by atoms with Crippen molar-refractivity contribution in [2.45, 2.75) is 35.2 Å². The van der Waals surface area contributed by atoms with E-state index in [2.05, 4.69) is 9.44 Å². The number of para-hydroxylation sites is 2. The van der Waals surface area contributed by atoms with Gasteiger partial charge in [-0.2, -0.15) is 26.3 Å². The quantitative estimate of drug-likeness (QED) is 0.113. The van der Waals surface area contributed by atoms with Gasteiger partial charge in [0.1, 0.15) is 0 Å². The zero-order valence-electron chi connectivity index (χ0n) is 29.7. The van der Waals surface area contributed by atoms with E-state index >= 15 is 0 Å². The Bertz CT molecular complexity index is 2410. The van der Waals surface area contributed by atoms with Crippen LogP contribution in [0.4, 0.5) is 37.7 Å². The smallest absolute Gasteiger partial charge is 0.299 e. The molecule has 4 aromatic carbocycles. The van der Waals surface area contributed by atoms with Gasteiger partial charge in [0.25, 0.3) is 20.0 Å². The van der Waals surface area contributed by atoms with Crippen molar-refractivity contribution in [3.8, 4) is 0 Å². The summed E-state index contributed by atoms with van der Waals surface area (Å²) in [6.45, 7) is 1.98. The van der Waals surface area contributed by atoms with Gasteiger partial charge in [0, 0.05) is 37.0 Å². The lowest BCUT2D eigenvalue weighted by Crippen LogP contribution is -2.30. The number of hydrogen-bond donors (Lipinski definition) is 2. The number of hydrogen-bond acceptors (Lipinski definition) is 8. The number of benzene rings is 4. The molecule has 0 bridgehead atoms. The van der Waals surface area contributed by atoms with Crippen LogP contribution < -0.4 is 9.44 Å². The number of sulfonamides is 2. The summed E-state index contributed by atoms with van der Waals surface area (Å²) in [7, 11) is -4.67. The van der Waals surface area contributed by atoms with Crippen LogP contribution in [0.5, 0.6) is 0 Å². The third-order valence-corrected chi connectivity index (χ3v) is 11.5. The van der Waals surface area contributed by atoms with E-state index in [0.717, 1.165) is 24.3 Å². The lowest BCUT2D eigenvalue weighted by atomic mass is 10.1. The molecule has 0 saturated carbocycles. The van der Waals surface area contributed by atoms with E-state index in [4.69, 9.17) is 9.97 Å². The molecule has 294 valence electrons. The molecule has 0 atom stereocenters. The molecule has 18 heteroatoms. The summed E-state index contributed by atoms with van der Waals surface area (Å²) in [5, 5.41) is 1.31. The number of pyridine rings is 2. The molecule has 0 saturated heterocycles. The monoisotopic (exact) mass is 816 g/mol. The van der Waals surface area contributed by atoms with E-state index in [1.54, 1.807) is 36.4 Å². The van der Waals surface area contributed by atoms with Gasteiger partial charge >= 0.3 is 12.4 Å². The summed E-state index contributed by atoms with van der Waals surface area (Å²) in [4.78, 5) is 12.8. The van der Waals surface area contributed by atoms with Crippen molar-refractivity contribution in [3.63, 3.8) is 0 Å². The molecule has 0 aliphatic heterocycles. The highest BCUT2D eigenvalue weighted by Crippen LogP contribution is 2.32. The van der Waals surface area contributed by atoms with Crippen LogP contribution in [-0.2, 0) is 45.5 Å². The predicted octanol–water partition coefficient (Wildman–Crippen LogP) is 7.99. The van der Waals surface area contributed by atoms with Crippen LogP contribution in [0.15, 0.2) is 119 Å². The number of fused-ring (bicyclic) bond motifs is 2. The fourth-order valence-corrected chi connectivity index (χ4v) is 7.95. The standard InChI is InChI=1S/C38H34F6N6O4S2/c1-49(23-29-15-9-25-5-3-7-33(35(25)45-29)47-55(51,52)31-17-11-27(12-18-31)37(39,40)41)21-22-50(2)24-30-16-10-26-6-4-8-34(36(26)46-30)48-56(53,54)32-19-13-28(14-20-32)38(42,43)44/h3-20,47-48H,21-24H2,1-2H3. The lowest BCUT2D eigenvalue weighted by Gasteiger charge is -2.22. The third kappa shape index (κ3) is 9.55. The number of halogens is 6. The first-order valence-corrected chi connectivity index (χ1v) is 19.8. The van der Waals surface area contributed by atoms with Crippen LogP contribution in [0.1, 0.15) is 22.5 Å². The minimum absolute atomic E-state index is 0.171. The van der Waals surface area contributed by atoms with Crippen molar-refractivity contribution in [3.05, 3.63) is 132 Å². The number of nitrogens with zero attached hydrogens (tertiary/aromatic N) is 4. The topological polar surface area (TPSA) is 125 Å². The Morgan fingerprint density at radius 2 is 0.875 bits per heavy atom. The maximum absolute atomic E-state index is 13.1. The zero-order valence-corrected chi connectivity index (χ0v) is 31.4. The summed E-state index contributed by atoms with van der Waals surface area (Å²) in [6.07, 6.45) is -9.21. The van der Waals surface area contributed by atoms with Crippen molar-refractivity contribution in [1.29, 1.82) is 0 Å². The first-order chi connectivity index (χ1) is 26.3. The predicted molar refractivity (Wildman–Crippen MR) is 201 cm³/mol. The average molecular weight is 817 g/mol. The van der Waals surface area contributed by atoms with Gasteiger partial charge in [-0.15, -0.1) is 0 Å². The molecule has 0 amide bonds. The van der Waals surface area contributed by atoms with E-state index in [-0.39, 0.29) is 21.2 Å². The molecular weight excluding hydrogens is 783 g/mol. The second kappa shape index (κ2) is 15.7. The molecule has 2 heterocycles. The first-order valence-electron chi connectivity index (χ1n) is 16.8. The van der Waals surface area contributed by atoms with Gasteiger partial charge in [0.15, 0.2) is 0 Å². The number of nitrogens with one attached hydrogen (secondary N) is 2. The molecule has 2 aromatic heterocycles. The fourth-order valence-electron chi connectivity index (χ4n) is 5.82. The van der Waals surface area contributed by atoms with Crippen LogP contribution in [-0.4, -0.2) is 63.8 Å². The maximum Gasteiger partial charge on any atom is 0.416 e. The van der Waals surface area contributed by atoms with Gasteiger partial charge in [-0.05, 0) is 86.9 Å². The second-order valence-corrected chi connectivity index (χ2v) is 16.5. The molecule has 56 heavy (non-hydrogen) atoms. The summed E-state index contributed by atoms with van der Waals surface area (Å²) < 4.78 is 135. The second-order valence-electron chi connectivity index (χ2n) is 13.1. The molecule has 0 aliphatic rings. The Morgan fingerprint density at radius 3 is 1.21 bits per heavy atom. The lowest BCUT2D eigenvalue weighted by molar-refractivity contribution is -0.138. The highest BCUT2D eigenvalue weighted by atomic mass is 32.2. The summed E-state index contributed by atoms with van der Waals surface area (Å²) in [5.74, 6) is 0. The van der Waals surface area contributed by atoms with Crippen molar-refractivity contribution in [2.24, 2.45) is 0 Å². The van der Waals surface area contributed by atoms with Crippen molar-refractivity contribution < 1.29 is 43.2 Å². The Kier molecular flexibility index (Phi) is 11.3. The maximum atomic E-state index is 13.1. The fraction of sp³-hybridized carbons (Fsp3) is 0.211. The van der Waals surface area contributed by atoms with E-state index in [1.807, 2.05) is 36.0 Å². The molecule has 6 aromatic rings. The minimum Gasteiger partial charge on any atom is -0.299 e. The largest absolute Gasteiger partial charge is 0.416 e. The highest BCUT2D eigenvalue weighted by molar-refractivity contribution is 7.93. The van der Waals surface area contributed by atoms with Gasteiger partial charge < -0.3 is 0 Å². The normalized spacial score (nSPS) is 12.8. The van der Waals surface area contributed by atoms with Gasteiger partial charge in [-0.25, -0.2) is 26.8 Å². The number of aromatic nitrogens is 2. The molecule has 0 radical (unpaired) electrons. The SMILES string of the molecule is CN(CCN(C)Cc1ccc2cccc(NS(=O)(=O)c3ccc(C(F)(F)F)cc3)c2n1)Cc1ccc2cccc(NS(=O)(=O)c3ccc(C(F)(F)F)cc3)c2n1. The van der Waals surface area contributed by atoms with Gasteiger partial charge in [0.2, 0.25) is 0 Å². The van der Waals surface area contributed by atoms with E-state index < -0.39 is 43.5 Å². The molecule has 0 unspecified atom stereocenters. The van der Waals surface area contributed by atoms with Crippen molar-refractivity contribution >= 4 is 53.2 Å². The molecule has 2 N–H and O–H groups in total. The minimum atomic E-state index is -4.60. The zero-order chi connectivity index (χ0) is 40.5. The average Bonchev–Trinajstić information content (AvgIpc) is 3.14. The Hall–Kier alpha value is -5.30. The van der Waals surface area contributed by atoms with Gasteiger partial charge in [-0.1, -0.05) is 36.4 Å². The summed E-state index contributed by atoms with van der Waals surface area (Å²) >= 11 is 0. The molecule has 10 nitrogen and oxygen atoms in total. The molecular formula is C38H34F6N6O4S2. The van der Waals surface area contributed by atoms with E-state index in [9.17, 15) is 43.2 Å². The number of rotatable bonds is 13. The summed E-state index contributed by atoms with van der Waals surface area (Å²) in [5.41, 5.74) is 0.445. The number of likely N-dealkylation sites (N-methyl/N-ethyl adjacent to an activating group) is 2. The molecule has 0 spiro atoms.